The van der Waals surface area contributed by atoms with Crippen molar-refractivity contribution in [3.63, 3.8) is 0 Å². The first-order valence-corrected chi connectivity index (χ1v) is 8.27. The molecule has 1 aliphatic carbocycles. The maximum absolute atomic E-state index is 13.8. The van der Waals surface area contributed by atoms with Crippen molar-refractivity contribution in [2.24, 2.45) is 0 Å². The normalized spacial score (nSPS) is 15.7. The summed E-state index contributed by atoms with van der Waals surface area (Å²) < 4.78 is 66.5. The van der Waals surface area contributed by atoms with E-state index in [-0.39, 0.29) is 23.5 Å². The lowest BCUT2D eigenvalue weighted by atomic mass is 9.96. The third-order valence-electron chi connectivity index (χ3n) is 4.17. The van der Waals surface area contributed by atoms with E-state index in [4.69, 9.17) is 0 Å². The van der Waals surface area contributed by atoms with Crippen LogP contribution in [-0.4, -0.2) is 16.0 Å². The fourth-order valence-corrected chi connectivity index (χ4v) is 2.89. The molecule has 0 atom stereocenters. The fraction of sp³-hybridized carbons (Fsp3) is 0.412. The molecule has 0 bridgehead atoms. The molecule has 0 amide bonds. The zero-order valence-corrected chi connectivity index (χ0v) is 13.7. The quantitative estimate of drug-likeness (QED) is 0.719. The van der Waals surface area contributed by atoms with Crippen LogP contribution in [0.1, 0.15) is 37.8 Å². The number of hydrogen-bond acceptors (Lipinski definition) is 4. The summed E-state index contributed by atoms with van der Waals surface area (Å²) in [6, 6.07) is 4.02. The van der Waals surface area contributed by atoms with E-state index in [0.29, 0.717) is 6.07 Å². The number of alkyl halides is 3. The summed E-state index contributed by atoms with van der Waals surface area (Å²) in [5.74, 6) is -2.76. The minimum atomic E-state index is -4.69. The molecular weight excluding hydrogens is 355 g/mol. The van der Waals surface area contributed by atoms with Crippen molar-refractivity contribution >= 4 is 17.5 Å². The largest absolute Gasteiger partial charge is 0.433 e. The summed E-state index contributed by atoms with van der Waals surface area (Å²) in [7, 11) is 0. The van der Waals surface area contributed by atoms with E-state index in [2.05, 4.69) is 20.6 Å². The van der Waals surface area contributed by atoms with Crippen molar-refractivity contribution in [2.75, 3.05) is 10.6 Å². The standard InChI is InChI=1S/C17H17F5N4/c18-11-7-4-8-12(15(11)19)24-14-9-13(17(20,21)22)25-16(26-14)23-10-5-2-1-3-6-10/h4,7-10H,1-3,5-6H2,(H2,23,24,25,26). The van der Waals surface area contributed by atoms with E-state index in [1.807, 2.05) is 0 Å². The summed E-state index contributed by atoms with van der Waals surface area (Å²) in [4.78, 5) is 7.51. The SMILES string of the molecule is Fc1cccc(Nc2cc(C(F)(F)F)nc(NC3CCCCC3)n2)c1F. The predicted molar refractivity (Wildman–Crippen MR) is 87.2 cm³/mol. The van der Waals surface area contributed by atoms with Crippen molar-refractivity contribution < 1.29 is 22.0 Å². The molecule has 0 spiro atoms. The number of nitrogens with one attached hydrogen (secondary N) is 2. The molecule has 0 unspecified atom stereocenters. The third kappa shape index (κ3) is 4.39. The second kappa shape index (κ2) is 7.43. The summed E-state index contributed by atoms with van der Waals surface area (Å²) >= 11 is 0. The van der Waals surface area contributed by atoms with Gasteiger partial charge < -0.3 is 10.6 Å². The van der Waals surface area contributed by atoms with E-state index in [0.717, 1.165) is 38.2 Å². The molecule has 0 radical (unpaired) electrons. The van der Waals surface area contributed by atoms with Crippen LogP contribution in [0.15, 0.2) is 24.3 Å². The van der Waals surface area contributed by atoms with E-state index in [9.17, 15) is 22.0 Å². The second-order valence-corrected chi connectivity index (χ2v) is 6.17. The molecule has 0 saturated heterocycles. The monoisotopic (exact) mass is 372 g/mol. The van der Waals surface area contributed by atoms with Gasteiger partial charge in [0.05, 0.1) is 5.69 Å². The van der Waals surface area contributed by atoms with Crippen LogP contribution in [0, 0.1) is 11.6 Å². The Hall–Kier alpha value is -2.45. The van der Waals surface area contributed by atoms with Crippen molar-refractivity contribution in [1.82, 2.24) is 9.97 Å². The Labute approximate surface area is 146 Å². The first-order chi connectivity index (χ1) is 12.3. The van der Waals surface area contributed by atoms with Gasteiger partial charge in [-0.1, -0.05) is 25.3 Å². The smallest absolute Gasteiger partial charge is 0.351 e. The lowest BCUT2D eigenvalue weighted by Crippen LogP contribution is -2.24. The highest BCUT2D eigenvalue weighted by atomic mass is 19.4. The number of nitrogens with zero attached hydrogens (tertiary/aromatic N) is 2. The molecule has 1 aliphatic rings. The molecule has 1 aromatic heterocycles. The molecule has 9 heteroatoms. The minimum Gasteiger partial charge on any atom is -0.351 e. The van der Waals surface area contributed by atoms with Crippen LogP contribution in [0.3, 0.4) is 0 Å². The molecule has 2 N–H and O–H groups in total. The Morgan fingerprint density at radius 3 is 2.42 bits per heavy atom. The Kier molecular flexibility index (Phi) is 5.24. The van der Waals surface area contributed by atoms with Crippen molar-refractivity contribution in [3.05, 3.63) is 41.6 Å². The van der Waals surface area contributed by atoms with Gasteiger partial charge in [-0.3, -0.25) is 0 Å². The Balaban J connectivity index is 1.90. The molecule has 1 aromatic carbocycles. The van der Waals surface area contributed by atoms with Gasteiger partial charge in [-0.2, -0.15) is 18.2 Å². The van der Waals surface area contributed by atoms with Gasteiger partial charge in [0.2, 0.25) is 5.95 Å². The molecular formula is C17H17F5N4. The molecule has 2 aromatic rings. The summed E-state index contributed by atoms with van der Waals surface area (Å²) in [5.41, 5.74) is -1.47. The van der Waals surface area contributed by atoms with Gasteiger partial charge in [0.25, 0.3) is 0 Å². The van der Waals surface area contributed by atoms with Crippen LogP contribution in [0.25, 0.3) is 0 Å². The van der Waals surface area contributed by atoms with Gasteiger partial charge in [-0.25, -0.2) is 13.8 Å². The van der Waals surface area contributed by atoms with Gasteiger partial charge in [0.15, 0.2) is 17.3 Å². The second-order valence-electron chi connectivity index (χ2n) is 6.17. The topological polar surface area (TPSA) is 49.8 Å². The van der Waals surface area contributed by atoms with E-state index in [1.54, 1.807) is 0 Å². The third-order valence-corrected chi connectivity index (χ3v) is 4.17. The molecule has 140 valence electrons. The van der Waals surface area contributed by atoms with Gasteiger partial charge in [-0.05, 0) is 25.0 Å². The molecule has 1 fully saturated rings. The number of benzene rings is 1. The van der Waals surface area contributed by atoms with E-state index >= 15 is 0 Å². The Bertz CT molecular complexity index is 772. The number of rotatable bonds is 4. The van der Waals surface area contributed by atoms with Crippen molar-refractivity contribution in [1.29, 1.82) is 0 Å². The fourth-order valence-electron chi connectivity index (χ4n) is 2.89. The number of hydrogen-bond donors (Lipinski definition) is 2. The molecule has 4 nitrogen and oxygen atoms in total. The van der Waals surface area contributed by atoms with E-state index < -0.39 is 23.5 Å². The molecule has 26 heavy (non-hydrogen) atoms. The first kappa shape index (κ1) is 18.3. The van der Waals surface area contributed by atoms with Crippen molar-refractivity contribution in [3.8, 4) is 0 Å². The molecule has 1 saturated carbocycles. The lowest BCUT2D eigenvalue weighted by molar-refractivity contribution is -0.141. The Morgan fingerprint density at radius 1 is 1.00 bits per heavy atom. The van der Waals surface area contributed by atoms with Crippen LogP contribution in [0.4, 0.5) is 39.4 Å². The van der Waals surface area contributed by atoms with Gasteiger partial charge >= 0.3 is 6.18 Å². The van der Waals surface area contributed by atoms with Gasteiger partial charge in [0, 0.05) is 12.1 Å². The maximum atomic E-state index is 13.8. The lowest BCUT2D eigenvalue weighted by Gasteiger charge is -2.23. The molecule has 3 rings (SSSR count). The molecule has 0 aliphatic heterocycles. The van der Waals surface area contributed by atoms with E-state index in [1.165, 1.54) is 12.1 Å². The van der Waals surface area contributed by atoms with Crippen LogP contribution < -0.4 is 10.6 Å². The Morgan fingerprint density at radius 2 is 1.73 bits per heavy atom. The van der Waals surface area contributed by atoms with Gasteiger partial charge in [-0.15, -0.1) is 0 Å². The highest BCUT2D eigenvalue weighted by molar-refractivity contribution is 5.58. The predicted octanol–water partition coefficient (Wildman–Crippen LogP) is 5.26. The van der Waals surface area contributed by atoms with Crippen molar-refractivity contribution in [2.45, 2.75) is 44.3 Å². The van der Waals surface area contributed by atoms with Crippen LogP contribution >= 0.6 is 0 Å². The van der Waals surface area contributed by atoms with Crippen LogP contribution in [0.5, 0.6) is 0 Å². The highest BCUT2D eigenvalue weighted by Crippen LogP contribution is 2.31. The number of halogens is 5. The van der Waals surface area contributed by atoms with Gasteiger partial charge in [0.1, 0.15) is 5.82 Å². The summed E-state index contributed by atoms with van der Waals surface area (Å²) in [5, 5.41) is 5.31. The highest BCUT2D eigenvalue weighted by Gasteiger charge is 2.34. The molecule has 1 heterocycles. The number of aromatic nitrogens is 2. The zero-order chi connectivity index (χ0) is 18.7. The first-order valence-electron chi connectivity index (χ1n) is 8.27. The summed E-state index contributed by atoms with van der Waals surface area (Å²) in [6.07, 6.45) is 0.00436. The average molecular weight is 372 g/mol. The number of anilines is 3. The average Bonchev–Trinajstić information content (AvgIpc) is 2.59. The van der Waals surface area contributed by atoms with Crippen LogP contribution in [0.2, 0.25) is 0 Å². The minimum absolute atomic E-state index is 0.00834. The van der Waals surface area contributed by atoms with Crippen LogP contribution in [-0.2, 0) is 6.18 Å². The summed E-state index contributed by atoms with van der Waals surface area (Å²) in [6.45, 7) is 0. The zero-order valence-electron chi connectivity index (χ0n) is 13.7. The maximum Gasteiger partial charge on any atom is 0.433 e.